The number of rotatable bonds is 4. The van der Waals surface area contributed by atoms with Gasteiger partial charge in [0.2, 0.25) is 0 Å². The van der Waals surface area contributed by atoms with Gasteiger partial charge in [-0.3, -0.25) is 4.79 Å². The van der Waals surface area contributed by atoms with Gasteiger partial charge in [0.05, 0.1) is 27.7 Å². The van der Waals surface area contributed by atoms with Crippen LogP contribution >= 0.6 is 23.2 Å². The van der Waals surface area contributed by atoms with Crippen LogP contribution in [0.2, 0.25) is 10.0 Å². The van der Waals surface area contributed by atoms with Gasteiger partial charge in [0, 0.05) is 18.1 Å². The molecule has 0 spiro atoms. The Morgan fingerprint density at radius 3 is 2.54 bits per heavy atom. The number of carbonyl (C=O) groups excluding carboxylic acids is 1. The predicted octanol–water partition coefficient (Wildman–Crippen LogP) is 4.94. The minimum atomic E-state index is -0.411. The molecule has 0 aliphatic rings. The molecule has 0 radical (unpaired) electrons. The third kappa shape index (κ3) is 3.36. The van der Waals surface area contributed by atoms with E-state index in [-0.39, 0.29) is 15.6 Å². The third-order valence-electron chi connectivity index (χ3n) is 3.52. The van der Waals surface area contributed by atoms with Crippen LogP contribution in [0.5, 0.6) is 0 Å². The zero-order valence-electron chi connectivity index (χ0n) is 12.8. The normalized spacial score (nSPS) is 10.8. The number of benzene rings is 2. The number of fused-ring (bicyclic) bond motifs is 1. The van der Waals surface area contributed by atoms with Crippen molar-refractivity contribution in [3.05, 3.63) is 69.7 Å². The van der Waals surface area contributed by atoms with E-state index in [0.29, 0.717) is 12.4 Å². The molecule has 0 aliphatic carbocycles. The van der Waals surface area contributed by atoms with Gasteiger partial charge < -0.3 is 10.1 Å². The molecule has 24 heavy (non-hydrogen) atoms. The molecular weight excluding hydrogens is 347 g/mol. The van der Waals surface area contributed by atoms with E-state index in [0.717, 1.165) is 16.5 Å². The molecular formula is C18H14Cl2N2O2. The van der Waals surface area contributed by atoms with Gasteiger partial charge in [-0.15, -0.1) is 0 Å². The molecule has 0 unspecified atom stereocenters. The number of hydrogen-bond acceptors (Lipinski definition) is 3. The number of nitrogens with one attached hydrogen (secondary N) is 1. The van der Waals surface area contributed by atoms with Crippen LogP contribution in [-0.4, -0.2) is 18.0 Å². The number of carbonyl (C=O) groups is 1. The molecule has 0 bridgehead atoms. The van der Waals surface area contributed by atoms with Crippen LogP contribution in [0.15, 0.2) is 48.5 Å². The number of hydrogen-bond donors (Lipinski definition) is 1. The Bertz CT molecular complexity index is 892. The zero-order valence-corrected chi connectivity index (χ0v) is 14.4. The van der Waals surface area contributed by atoms with Crippen molar-refractivity contribution in [2.75, 3.05) is 12.4 Å². The second-order valence-corrected chi connectivity index (χ2v) is 5.99. The highest BCUT2D eigenvalue weighted by molar-refractivity contribution is 6.40. The molecule has 0 saturated carbocycles. The molecule has 3 rings (SSSR count). The van der Waals surface area contributed by atoms with Crippen molar-refractivity contribution in [1.82, 2.24) is 4.98 Å². The monoisotopic (exact) mass is 360 g/mol. The fraction of sp³-hybridized carbons (Fsp3) is 0.111. The summed E-state index contributed by atoms with van der Waals surface area (Å²) in [7, 11) is 1.59. The SMILES string of the molecule is COCc1cc2ccccc2nc1NC(=O)c1c(Cl)cccc1Cl. The summed E-state index contributed by atoms with van der Waals surface area (Å²) in [6.45, 7) is 0.323. The van der Waals surface area contributed by atoms with E-state index in [1.807, 2.05) is 30.3 Å². The Kier molecular flexibility index (Phi) is 5.00. The first kappa shape index (κ1) is 16.7. The molecule has 1 amide bonds. The smallest absolute Gasteiger partial charge is 0.259 e. The summed E-state index contributed by atoms with van der Waals surface area (Å²) < 4.78 is 5.21. The summed E-state index contributed by atoms with van der Waals surface area (Å²) in [6.07, 6.45) is 0. The van der Waals surface area contributed by atoms with E-state index >= 15 is 0 Å². The molecule has 122 valence electrons. The van der Waals surface area contributed by atoms with Gasteiger partial charge in [0.25, 0.3) is 5.91 Å². The van der Waals surface area contributed by atoms with Crippen LogP contribution in [-0.2, 0) is 11.3 Å². The lowest BCUT2D eigenvalue weighted by Crippen LogP contribution is -2.16. The Morgan fingerprint density at radius 1 is 1.12 bits per heavy atom. The van der Waals surface area contributed by atoms with E-state index in [1.54, 1.807) is 25.3 Å². The summed E-state index contributed by atoms with van der Waals surface area (Å²) in [5, 5.41) is 4.33. The summed E-state index contributed by atoms with van der Waals surface area (Å²) in [6, 6.07) is 14.5. The lowest BCUT2D eigenvalue weighted by molar-refractivity contribution is 0.102. The molecule has 0 fully saturated rings. The maximum absolute atomic E-state index is 12.6. The maximum Gasteiger partial charge on any atom is 0.259 e. The number of nitrogens with zero attached hydrogens (tertiary/aromatic N) is 1. The largest absolute Gasteiger partial charge is 0.380 e. The van der Waals surface area contributed by atoms with Gasteiger partial charge >= 0.3 is 0 Å². The molecule has 2 aromatic carbocycles. The highest BCUT2D eigenvalue weighted by Gasteiger charge is 2.17. The van der Waals surface area contributed by atoms with Crippen LogP contribution in [0.4, 0.5) is 5.82 Å². The van der Waals surface area contributed by atoms with E-state index in [2.05, 4.69) is 10.3 Å². The Balaban J connectivity index is 2.02. The highest BCUT2D eigenvalue weighted by atomic mass is 35.5. The molecule has 0 saturated heterocycles. The molecule has 1 N–H and O–H groups in total. The summed E-state index contributed by atoms with van der Waals surface area (Å²) >= 11 is 12.2. The molecule has 1 heterocycles. The summed E-state index contributed by atoms with van der Waals surface area (Å²) in [5.74, 6) is 0.0160. The number of halogens is 2. The van der Waals surface area contributed by atoms with Gasteiger partial charge in [-0.2, -0.15) is 0 Å². The molecule has 1 aromatic heterocycles. The van der Waals surface area contributed by atoms with Crippen molar-refractivity contribution in [1.29, 1.82) is 0 Å². The lowest BCUT2D eigenvalue weighted by atomic mass is 10.1. The first-order chi connectivity index (χ1) is 11.6. The van der Waals surface area contributed by atoms with Crippen molar-refractivity contribution in [2.45, 2.75) is 6.61 Å². The average molecular weight is 361 g/mol. The van der Waals surface area contributed by atoms with Crippen molar-refractivity contribution < 1.29 is 9.53 Å². The van der Waals surface area contributed by atoms with Crippen molar-refractivity contribution in [2.24, 2.45) is 0 Å². The van der Waals surface area contributed by atoms with Crippen LogP contribution < -0.4 is 5.32 Å². The Hall–Kier alpha value is -2.14. The van der Waals surface area contributed by atoms with Crippen molar-refractivity contribution >= 4 is 45.8 Å². The Morgan fingerprint density at radius 2 is 1.83 bits per heavy atom. The summed E-state index contributed by atoms with van der Waals surface area (Å²) in [5.41, 5.74) is 1.77. The standard InChI is InChI=1S/C18H14Cl2N2O2/c1-24-10-12-9-11-5-2-3-8-15(11)21-17(12)22-18(23)16-13(19)6-4-7-14(16)20/h2-9H,10H2,1H3,(H,21,22,23). The van der Waals surface area contributed by atoms with E-state index < -0.39 is 5.91 Å². The number of anilines is 1. The number of ether oxygens (including phenoxy) is 1. The molecule has 4 nitrogen and oxygen atoms in total. The number of pyridine rings is 1. The minimum Gasteiger partial charge on any atom is -0.380 e. The van der Waals surface area contributed by atoms with Crippen LogP contribution in [0, 0.1) is 0 Å². The fourth-order valence-corrected chi connectivity index (χ4v) is 2.99. The maximum atomic E-state index is 12.6. The van der Waals surface area contributed by atoms with Crippen LogP contribution in [0.3, 0.4) is 0 Å². The van der Waals surface area contributed by atoms with E-state index in [9.17, 15) is 4.79 Å². The van der Waals surface area contributed by atoms with Gasteiger partial charge in [-0.1, -0.05) is 47.5 Å². The minimum absolute atomic E-state index is 0.221. The van der Waals surface area contributed by atoms with E-state index in [1.165, 1.54) is 0 Å². The number of amides is 1. The van der Waals surface area contributed by atoms with Crippen molar-refractivity contribution in [3.8, 4) is 0 Å². The average Bonchev–Trinajstić information content (AvgIpc) is 2.55. The van der Waals surface area contributed by atoms with Gasteiger partial charge in [-0.25, -0.2) is 4.98 Å². The number of para-hydroxylation sites is 1. The van der Waals surface area contributed by atoms with Gasteiger partial charge in [0.1, 0.15) is 5.82 Å². The first-order valence-corrected chi connectivity index (χ1v) is 7.98. The zero-order chi connectivity index (χ0) is 17.1. The number of aromatic nitrogens is 1. The van der Waals surface area contributed by atoms with E-state index in [4.69, 9.17) is 27.9 Å². The third-order valence-corrected chi connectivity index (χ3v) is 4.15. The number of methoxy groups -OCH3 is 1. The topological polar surface area (TPSA) is 51.2 Å². The van der Waals surface area contributed by atoms with Crippen molar-refractivity contribution in [3.63, 3.8) is 0 Å². The van der Waals surface area contributed by atoms with Crippen LogP contribution in [0.25, 0.3) is 10.9 Å². The molecule has 3 aromatic rings. The molecule has 0 atom stereocenters. The Labute approximate surface area is 149 Å². The lowest BCUT2D eigenvalue weighted by Gasteiger charge is -2.12. The fourth-order valence-electron chi connectivity index (χ4n) is 2.42. The molecule has 6 heteroatoms. The summed E-state index contributed by atoms with van der Waals surface area (Å²) in [4.78, 5) is 17.1. The van der Waals surface area contributed by atoms with Gasteiger partial charge in [-0.05, 0) is 24.3 Å². The van der Waals surface area contributed by atoms with Crippen LogP contribution in [0.1, 0.15) is 15.9 Å². The highest BCUT2D eigenvalue weighted by Crippen LogP contribution is 2.27. The molecule has 0 aliphatic heterocycles. The second kappa shape index (κ2) is 7.18. The second-order valence-electron chi connectivity index (χ2n) is 5.17. The predicted molar refractivity (Wildman–Crippen MR) is 96.9 cm³/mol. The first-order valence-electron chi connectivity index (χ1n) is 7.23. The quantitative estimate of drug-likeness (QED) is 0.716. The van der Waals surface area contributed by atoms with Gasteiger partial charge in [0.15, 0.2) is 0 Å².